The molecular weight excluding hydrogens is 242 g/mol. The summed E-state index contributed by atoms with van der Waals surface area (Å²) in [6.07, 6.45) is 3.63. The third-order valence-electron chi connectivity index (χ3n) is 3.01. The molecule has 0 spiro atoms. The van der Waals surface area contributed by atoms with Crippen LogP contribution in [0.3, 0.4) is 0 Å². The Balaban J connectivity index is 2.13. The van der Waals surface area contributed by atoms with E-state index in [-0.39, 0.29) is 25.3 Å². The molecule has 0 saturated carbocycles. The Morgan fingerprint density at radius 3 is 2.42 bits per heavy atom. The first-order valence-electron chi connectivity index (χ1n) is 6.33. The monoisotopic (exact) mass is 261 g/mol. The predicted molar refractivity (Wildman–Crippen MR) is 72.5 cm³/mol. The minimum atomic E-state index is -0.333. The molecule has 1 aromatic carbocycles. The van der Waals surface area contributed by atoms with Gasteiger partial charge in [-0.25, -0.2) is 0 Å². The summed E-state index contributed by atoms with van der Waals surface area (Å²) in [5.41, 5.74) is 1.10. The summed E-state index contributed by atoms with van der Waals surface area (Å²) in [5, 5.41) is 25.8. The standard InChI is InChI=1S/C14H19N3O2/c18-10-13(11-19)16-14(9-17-8-4-7-15-17)12-5-2-1-3-6-12/h1-8,13-14,16,18-19H,9-11H2/t14-/m1/s1. The Kier molecular flexibility index (Phi) is 5.09. The molecule has 0 aliphatic rings. The molecule has 1 atom stereocenters. The zero-order valence-corrected chi connectivity index (χ0v) is 10.7. The molecule has 19 heavy (non-hydrogen) atoms. The second kappa shape index (κ2) is 7.04. The number of benzene rings is 1. The van der Waals surface area contributed by atoms with Crippen molar-refractivity contribution in [3.63, 3.8) is 0 Å². The molecule has 102 valence electrons. The zero-order chi connectivity index (χ0) is 13.5. The molecule has 3 N–H and O–H groups in total. The third-order valence-corrected chi connectivity index (χ3v) is 3.01. The smallest absolute Gasteiger partial charge is 0.0607 e. The van der Waals surface area contributed by atoms with E-state index in [1.807, 2.05) is 47.3 Å². The van der Waals surface area contributed by atoms with E-state index in [9.17, 15) is 10.2 Å². The molecule has 0 bridgehead atoms. The summed E-state index contributed by atoms with van der Waals surface area (Å²) >= 11 is 0. The number of rotatable bonds is 7. The van der Waals surface area contributed by atoms with Gasteiger partial charge in [0.05, 0.1) is 31.8 Å². The van der Waals surface area contributed by atoms with Crippen LogP contribution in [0.5, 0.6) is 0 Å². The van der Waals surface area contributed by atoms with Gasteiger partial charge in [-0.15, -0.1) is 0 Å². The van der Waals surface area contributed by atoms with Crippen LogP contribution in [0.15, 0.2) is 48.8 Å². The Labute approximate surface area is 112 Å². The van der Waals surface area contributed by atoms with Gasteiger partial charge < -0.3 is 15.5 Å². The van der Waals surface area contributed by atoms with Crippen LogP contribution < -0.4 is 5.32 Å². The molecule has 0 amide bonds. The summed E-state index contributed by atoms with van der Waals surface area (Å²) < 4.78 is 1.83. The summed E-state index contributed by atoms with van der Waals surface area (Å²) in [4.78, 5) is 0. The van der Waals surface area contributed by atoms with Crippen LogP contribution in [0.4, 0.5) is 0 Å². The minimum Gasteiger partial charge on any atom is -0.395 e. The van der Waals surface area contributed by atoms with Crippen LogP contribution >= 0.6 is 0 Å². The summed E-state index contributed by atoms with van der Waals surface area (Å²) in [6, 6.07) is 11.5. The van der Waals surface area contributed by atoms with Crippen LogP contribution in [-0.4, -0.2) is 39.2 Å². The lowest BCUT2D eigenvalue weighted by atomic mass is 10.1. The molecule has 0 unspecified atom stereocenters. The fraction of sp³-hybridized carbons (Fsp3) is 0.357. The van der Waals surface area contributed by atoms with E-state index in [1.165, 1.54) is 0 Å². The van der Waals surface area contributed by atoms with Gasteiger partial charge in [0.2, 0.25) is 0 Å². The van der Waals surface area contributed by atoms with E-state index in [0.29, 0.717) is 6.54 Å². The molecule has 2 rings (SSSR count). The Morgan fingerprint density at radius 1 is 1.11 bits per heavy atom. The highest BCUT2D eigenvalue weighted by Gasteiger charge is 2.16. The SMILES string of the molecule is OCC(CO)N[C@H](Cn1cccn1)c1ccccc1. The van der Waals surface area contributed by atoms with Gasteiger partial charge in [-0.05, 0) is 11.6 Å². The first kappa shape index (κ1) is 13.7. The lowest BCUT2D eigenvalue weighted by molar-refractivity contribution is 0.158. The van der Waals surface area contributed by atoms with E-state index in [2.05, 4.69) is 10.4 Å². The van der Waals surface area contributed by atoms with Crippen molar-refractivity contribution in [2.45, 2.75) is 18.6 Å². The lowest BCUT2D eigenvalue weighted by Crippen LogP contribution is -2.40. The topological polar surface area (TPSA) is 70.3 Å². The zero-order valence-electron chi connectivity index (χ0n) is 10.7. The van der Waals surface area contributed by atoms with Gasteiger partial charge in [0.15, 0.2) is 0 Å². The van der Waals surface area contributed by atoms with Gasteiger partial charge in [0.1, 0.15) is 0 Å². The van der Waals surface area contributed by atoms with E-state index in [1.54, 1.807) is 6.20 Å². The van der Waals surface area contributed by atoms with Crippen molar-refractivity contribution < 1.29 is 10.2 Å². The fourth-order valence-corrected chi connectivity index (χ4v) is 1.98. The highest BCUT2D eigenvalue weighted by atomic mass is 16.3. The Hall–Kier alpha value is -1.69. The molecule has 0 aliphatic carbocycles. The molecular formula is C14H19N3O2. The fourth-order valence-electron chi connectivity index (χ4n) is 1.98. The maximum Gasteiger partial charge on any atom is 0.0607 e. The molecule has 0 fully saturated rings. The van der Waals surface area contributed by atoms with Gasteiger partial charge in [0, 0.05) is 12.4 Å². The first-order chi connectivity index (χ1) is 9.33. The first-order valence-corrected chi connectivity index (χ1v) is 6.33. The van der Waals surface area contributed by atoms with Crippen LogP contribution in [-0.2, 0) is 6.54 Å². The van der Waals surface area contributed by atoms with Gasteiger partial charge in [-0.3, -0.25) is 4.68 Å². The second-order valence-electron chi connectivity index (χ2n) is 4.42. The summed E-state index contributed by atoms with van der Waals surface area (Å²) in [6.45, 7) is 0.450. The molecule has 5 heteroatoms. The van der Waals surface area contributed by atoms with Crippen molar-refractivity contribution in [1.82, 2.24) is 15.1 Å². The van der Waals surface area contributed by atoms with Crippen LogP contribution in [0.25, 0.3) is 0 Å². The largest absolute Gasteiger partial charge is 0.395 e. The van der Waals surface area contributed by atoms with Crippen LogP contribution in [0, 0.1) is 0 Å². The predicted octanol–water partition coefficient (Wildman–Crippen LogP) is 0.567. The molecule has 0 saturated heterocycles. The van der Waals surface area contributed by atoms with Gasteiger partial charge in [-0.1, -0.05) is 30.3 Å². The van der Waals surface area contributed by atoms with E-state index >= 15 is 0 Å². The number of hydrogen-bond acceptors (Lipinski definition) is 4. The number of aliphatic hydroxyl groups excluding tert-OH is 2. The highest BCUT2D eigenvalue weighted by Crippen LogP contribution is 2.15. The van der Waals surface area contributed by atoms with E-state index in [4.69, 9.17) is 0 Å². The third kappa shape index (κ3) is 3.89. The average Bonchev–Trinajstić information content (AvgIpc) is 2.97. The summed E-state index contributed by atoms with van der Waals surface area (Å²) in [7, 11) is 0. The van der Waals surface area contributed by atoms with Crippen molar-refractivity contribution in [2.75, 3.05) is 13.2 Å². The quantitative estimate of drug-likeness (QED) is 0.681. The number of aliphatic hydroxyl groups is 2. The molecule has 5 nitrogen and oxygen atoms in total. The number of hydrogen-bond donors (Lipinski definition) is 3. The van der Waals surface area contributed by atoms with Crippen molar-refractivity contribution in [3.8, 4) is 0 Å². The molecule has 2 aromatic rings. The molecule has 0 radical (unpaired) electrons. The second-order valence-corrected chi connectivity index (χ2v) is 4.42. The molecule has 1 aromatic heterocycles. The van der Waals surface area contributed by atoms with Crippen molar-refractivity contribution in [2.24, 2.45) is 0 Å². The Bertz CT molecular complexity index is 455. The van der Waals surface area contributed by atoms with Crippen LogP contribution in [0.2, 0.25) is 0 Å². The van der Waals surface area contributed by atoms with Gasteiger partial charge in [0.25, 0.3) is 0 Å². The van der Waals surface area contributed by atoms with E-state index in [0.717, 1.165) is 5.56 Å². The number of aromatic nitrogens is 2. The number of nitrogens with one attached hydrogen (secondary N) is 1. The van der Waals surface area contributed by atoms with Gasteiger partial charge >= 0.3 is 0 Å². The van der Waals surface area contributed by atoms with Gasteiger partial charge in [-0.2, -0.15) is 5.10 Å². The average molecular weight is 261 g/mol. The molecule has 1 heterocycles. The van der Waals surface area contributed by atoms with Crippen molar-refractivity contribution in [3.05, 3.63) is 54.4 Å². The maximum absolute atomic E-state index is 9.20. The highest BCUT2D eigenvalue weighted by molar-refractivity contribution is 5.19. The van der Waals surface area contributed by atoms with E-state index < -0.39 is 0 Å². The lowest BCUT2D eigenvalue weighted by Gasteiger charge is -2.24. The molecule has 0 aliphatic heterocycles. The minimum absolute atomic E-state index is 0.00889. The maximum atomic E-state index is 9.20. The van der Waals surface area contributed by atoms with Crippen molar-refractivity contribution >= 4 is 0 Å². The summed E-state index contributed by atoms with van der Waals surface area (Å²) in [5.74, 6) is 0. The number of nitrogens with zero attached hydrogens (tertiary/aromatic N) is 2. The Morgan fingerprint density at radius 2 is 1.84 bits per heavy atom. The van der Waals surface area contributed by atoms with Crippen molar-refractivity contribution in [1.29, 1.82) is 0 Å². The van der Waals surface area contributed by atoms with Crippen LogP contribution in [0.1, 0.15) is 11.6 Å². The normalized spacial score (nSPS) is 12.8.